The van der Waals surface area contributed by atoms with E-state index in [0.717, 1.165) is 5.69 Å². The van der Waals surface area contributed by atoms with Crippen molar-refractivity contribution in [1.82, 2.24) is 10.3 Å². The minimum absolute atomic E-state index is 0.134. The van der Waals surface area contributed by atoms with E-state index < -0.39 is 9.84 Å². The van der Waals surface area contributed by atoms with E-state index in [1.807, 2.05) is 6.07 Å². The zero-order valence-electron chi connectivity index (χ0n) is 14.2. The van der Waals surface area contributed by atoms with Crippen molar-refractivity contribution in [2.45, 2.75) is 23.3 Å². The quantitative estimate of drug-likeness (QED) is 0.753. The second kappa shape index (κ2) is 7.49. The summed E-state index contributed by atoms with van der Waals surface area (Å²) >= 11 is 0. The zero-order chi connectivity index (χ0) is 18.6. The van der Waals surface area contributed by atoms with Crippen molar-refractivity contribution >= 4 is 15.7 Å². The number of aryl methyl sites for hydroxylation is 1. The van der Waals surface area contributed by atoms with Crippen molar-refractivity contribution in [2.24, 2.45) is 0 Å². The molecule has 3 aromatic rings. The smallest absolute Gasteiger partial charge is 0.251 e. The summed E-state index contributed by atoms with van der Waals surface area (Å²) in [5.41, 5.74) is 1.61. The van der Waals surface area contributed by atoms with Crippen LogP contribution in [0.2, 0.25) is 0 Å². The van der Waals surface area contributed by atoms with E-state index in [1.54, 1.807) is 67.7 Å². The van der Waals surface area contributed by atoms with E-state index in [1.165, 1.54) is 6.07 Å². The fraction of sp³-hybridized carbons (Fsp3) is 0.100. The van der Waals surface area contributed by atoms with Crippen molar-refractivity contribution < 1.29 is 13.2 Å². The van der Waals surface area contributed by atoms with Crippen LogP contribution in [0.5, 0.6) is 0 Å². The first-order valence-electron chi connectivity index (χ1n) is 8.07. The van der Waals surface area contributed by atoms with Gasteiger partial charge in [0, 0.05) is 11.8 Å². The van der Waals surface area contributed by atoms with Gasteiger partial charge in [-0.05, 0) is 48.9 Å². The van der Waals surface area contributed by atoms with E-state index in [-0.39, 0.29) is 22.2 Å². The fourth-order valence-corrected chi connectivity index (χ4v) is 4.08. The van der Waals surface area contributed by atoms with Gasteiger partial charge in [-0.3, -0.25) is 9.78 Å². The second-order valence-electron chi connectivity index (χ2n) is 5.80. The molecule has 0 radical (unpaired) electrons. The van der Waals surface area contributed by atoms with Crippen LogP contribution >= 0.6 is 0 Å². The number of aromatic nitrogens is 1. The Bertz CT molecular complexity index is 1020. The van der Waals surface area contributed by atoms with Crippen molar-refractivity contribution in [3.05, 3.63) is 89.7 Å². The van der Waals surface area contributed by atoms with Crippen LogP contribution in [-0.4, -0.2) is 19.3 Å². The number of hydrogen-bond donors (Lipinski definition) is 1. The Hall–Kier alpha value is -2.99. The highest BCUT2D eigenvalue weighted by molar-refractivity contribution is 7.91. The Morgan fingerprint density at radius 1 is 1.00 bits per heavy atom. The predicted octanol–water partition coefficient (Wildman–Crippen LogP) is 3.15. The summed E-state index contributed by atoms with van der Waals surface area (Å²) in [6, 6.07) is 18.3. The maximum Gasteiger partial charge on any atom is 0.251 e. The van der Waals surface area contributed by atoms with Gasteiger partial charge in [-0.1, -0.05) is 30.3 Å². The Labute approximate surface area is 152 Å². The first-order chi connectivity index (χ1) is 12.5. The number of sulfone groups is 1. The summed E-state index contributed by atoms with van der Waals surface area (Å²) in [6.45, 7) is 1.99. The maximum atomic E-state index is 12.9. The number of amides is 1. The van der Waals surface area contributed by atoms with E-state index in [9.17, 15) is 13.2 Å². The van der Waals surface area contributed by atoms with Crippen LogP contribution in [0, 0.1) is 6.92 Å². The summed E-state index contributed by atoms with van der Waals surface area (Å²) in [6.07, 6.45) is 1.65. The van der Waals surface area contributed by atoms with E-state index in [4.69, 9.17) is 0 Å². The molecular formula is C20H18N2O3S. The molecule has 132 valence electrons. The molecule has 0 unspecified atom stereocenters. The third-order valence-corrected chi connectivity index (χ3v) is 5.86. The summed E-state index contributed by atoms with van der Waals surface area (Å²) in [5.74, 6) is -0.347. The number of benzene rings is 2. The molecule has 1 heterocycles. The highest BCUT2D eigenvalue weighted by atomic mass is 32.2. The predicted molar refractivity (Wildman–Crippen MR) is 98.5 cm³/mol. The lowest BCUT2D eigenvalue weighted by Gasteiger charge is -2.11. The van der Waals surface area contributed by atoms with Gasteiger partial charge in [0.05, 0.1) is 22.0 Å². The Balaban J connectivity index is 1.87. The maximum absolute atomic E-state index is 12.9. The molecule has 0 spiro atoms. The van der Waals surface area contributed by atoms with Crippen LogP contribution in [0.1, 0.15) is 21.6 Å². The first-order valence-corrected chi connectivity index (χ1v) is 9.56. The van der Waals surface area contributed by atoms with Gasteiger partial charge < -0.3 is 5.32 Å². The Kier molecular flexibility index (Phi) is 5.14. The molecule has 0 aliphatic carbocycles. The molecule has 1 N–H and O–H groups in total. The Morgan fingerprint density at radius 2 is 1.73 bits per heavy atom. The molecule has 5 nitrogen and oxygen atoms in total. The molecule has 0 saturated carbocycles. The molecular weight excluding hydrogens is 348 g/mol. The number of carbonyl (C=O) groups excluding carboxylic acids is 1. The molecule has 1 amide bonds. The zero-order valence-corrected chi connectivity index (χ0v) is 15.0. The molecule has 0 saturated heterocycles. The third kappa shape index (κ3) is 3.81. The normalized spacial score (nSPS) is 11.1. The second-order valence-corrected chi connectivity index (χ2v) is 7.72. The van der Waals surface area contributed by atoms with E-state index >= 15 is 0 Å². The monoisotopic (exact) mass is 366 g/mol. The van der Waals surface area contributed by atoms with Crippen LogP contribution < -0.4 is 5.32 Å². The fourth-order valence-electron chi connectivity index (χ4n) is 2.53. The number of nitrogens with zero attached hydrogens (tertiary/aromatic N) is 1. The lowest BCUT2D eigenvalue weighted by Crippen LogP contribution is -2.23. The molecule has 0 bridgehead atoms. The number of nitrogens with one attached hydrogen (secondary N) is 1. The van der Waals surface area contributed by atoms with Crippen molar-refractivity contribution in [1.29, 1.82) is 0 Å². The average Bonchev–Trinajstić information content (AvgIpc) is 2.68. The molecule has 2 aromatic carbocycles. The van der Waals surface area contributed by atoms with Crippen molar-refractivity contribution in [3.8, 4) is 0 Å². The summed E-state index contributed by atoms with van der Waals surface area (Å²) < 4.78 is 25.7. The lowest BCUT2D eigenvalue weighted by atomic mass is 10.1. The molecule has 0 aliphatic rings. The van der Waals surface area contributed by atoms with Crippen molar-refractivity contribution in [2.75, 3.05) is 0 Å². The van der Waals surface area contributed by atoms with Crippen molar-refractivity contribution in [3.63, 3.8) is 0 Å². The molecule has 3 rings (SSSR count). The highest BCUT2D eigenvalue weighted by Crippen LogP contribution is 2.24. The topological polar surface area (TPSA) is 76.1 Å². The summed E-state index contributed by atoms with van der Waals surface area (Å²) in [5, 5.41) is 2.76. The Morgan fingerprint density at radius 3 is 2.42 bits per heavy atom. The summed E-state index contributed by atoms with van der Waals surface area (Å²) in [7, 11) is -3.69. The van der Waals surface area contributed by atoms with Gasteiger partial charge in [0.2, 0.25) is 9.84 Å². The number of rotatable bonds is 5. The molecule has 1 aromatic heterocycles. The highest BCUT2D eigenvalue weighted by Gasteiger charge is 2.21. The minimum Gasteiger partial charge on any atom is -0.346 e. The van der Waals surface area contributed by atoms with Crippen LogP contribution in [-0.2, 0) is 16.4 Å². The molecule has 0 aliphatic heterocycles. The largest absolute Gasteiger partial charge is 0.346 e. The molecule has 26 heavy (non-hydrogen) atoms. The molecule has 0 atom stereocenters. The van der Waals surface area contributed by atoms with Crippen LogP contribution in [0.15, 0.2) is 82.7 Å². The van der Waals surface area contributed by atoms with Crippen LogP contribution in [0.3, 0.4) is 0 Å². The molecule has 6 heteroatoms. The van der Waals surface area contributed by atoms with Gasteiger partial charge in [0.1, 0.15) is 0 Å². The average molecular weight is 366 g/mol. The van der Waals surface area contributed by atoms with Crippen LogP contribution in [0.25, 0.3) is 0 Å². The number of hydrogen-bond acceptors (Lipinski definition) is 4. The van der Waals surface area contributed by atoms with Gasteiger partial charge in [-0.2, -0.15) is 0 Å². The third-order valence-electron chi connectivity index (χ3n) is 3.95. The number of pyridine rings is 1. The molecule has 0 fully saturated rings. The minimum atomic E-state index is -3.69. The lowest BCUT2D eigenvalue weighted by molar-refractivity contribution is 0.0950. The van der Waals surface area contributed by atoms with Gasteiger partial charge in [-0.15, -0.1) is 0 Å². The SMILES string of the molecule is Cc1ccc(C(=O)NCc2ccccn2)cc1S(=O)(=O)c1ccccc1. The van der Waals surface area contributed by atoms with Gasteiger partial charge in [-0.25, -0.2) is 8.42 Å². The van der Waals surface area contributed by atoms with E-state index in [0.29, 0.717) is 11.1 Å². The van der Waals surface area contributed by atoms with Crippen LogP contribution in [0.4, 0.5) is 0 Å². The standard InChI is InChI=1S/C20H18N2O3S/c1-15-10-11-16(20(23)22-14-17-7-5-6-12-21-17)13-19(15)26(24,25)18-8-3-2-4-9-18/h2-13H,14H2,1H3,(H,22,23). The summed E-state index contributed by atoms with van der Waals surface area (Å²) in [4.78, 5) is 16.9. The van der Waals surface area contributed by atoms with Gasteiger partial charge >= 0.3 is 0 Å². The van der Waals surface area contributed by atoms with E-state index in [2.05, 4.69) is 10.3 Å². The first kappa shape index (κ1) is 17.8. The number of carbonyl (C=O) groups is 1. The van der Waals surface area contributed by atoms with Gasteiger partial charge in [0.25, 0.3) is 5.91 Å². The van der Waals surface area contributed by atoms with Gasteiger partial charge in [0.15, 0.2) is 0 Å².